The number of carboxylic acids is 1. The number of Topliss-reactive ketones (excluding diaryl/α,β-unsaturated/α-hetero) is 1. The average Bonchev–Trinajstić information content (AvgIpc) is 3.84. The summed E-state index contributed by atoms with van der Waals surface area (Å²) in [6.45, 7) is 17.7. The van der Waals surface area contributed by atoms with Crippen LogP contribution in [-0.2, 0) is 14.3 Å². The SMILES string of the molecule is COCC(=O)N(CC1CC1)C[C@H](O)[C@@]12CC[C@]3(C)[C@H](CC[C@@H]4[C@@]5(C)CC=C(c6ccc(C(=O)O)cc6)C(C)(C)[C@H]5CC[C@]43C)C1=C(C(C)C)C(=O)C2. The Bertz CT molecular complexity index is 1680. The molecule has 4 saturated carbocycles. The molecule has 0 aromatic heterocycles. The lowest BCUT2D eigenvalue weighted by atomic mass is 9.33. The van der Waals surface area contributed by atoms with E-state index in [1.54, 1.807) is 19.2 Å². The highest BCUT2D eigenvalue weighted by Gasteiger charge is 2.70. The first-order valence-corrected chi connectivity index (χ1v) is 20.2. The van der Waals surface area contributed by atoms with Gasteiger partial charge in [0.15, 0.2) is 5.78 Å². The maximum atomic E-state index is 14.1. The fourth-order valence-corrected chi connectivity index (χ4v) is 13.5. The van der Waals surface area contributed by atoms with Gasteiger partial charge in [0, 0.05) is 32.0 Å². The molecule has 4 fully saturated rings. The number of nitrogens with zero attached hydrogens (tertiary/aromatic N) is 1. The first-order chi connectivity index (χ1) is 24.4. The van der Waals surface area contributed by atoms with E-state index in [2.05, 4.69) is 54.5 Å². The van der Waals surface area contributed by atoms with Gasteiger partial charge in [-0.15, -0.1) is 0 Å². The highest BCUT2D eigenvalue weighted by Crippen LogP contribution is 2.77. The van der Waals surface area contributed by atoms with Gasteiger partial charge in [-0.2, -0.15) is 0 Å². The maximum Gasteiger partial charge on any atom is 0.335 e. The first kappa shape index (κ1) is 37.5. The van der Waals surface area contributed by atoms with E-state index in [1.165, 1.54) is 11.1 Å². The van der Waals surface area contributed by atoms with Crippen molar-refractivity contribution in [1.82, 2.24) is 4.90 Å². The molecule has 0 heterocycles. The molecule has 1 aromatic carbocycles. The molecule has 1 amide bonds. The second kappa shape index (κ2) is 12.9. The molecule has 2 N–H and O–H groups in total. The minimum Gasteiger partial charge on any atom is -0.478 e. The number of carboxylic acid groups (broad SMARTS) is 1. The number of methoxy groups -OCH3 is 1. The van der Waals surface area contributed by atoms with E-state index in [9.17, 15) is 24.6 Å². The second-order valence-corrected chi connectivity index (χ2v) is 19.5. The van der Waals surface area contributed by atoms with Crippen molar-refractivity contribution in [3.63, 3.8) is 0 Å². The van der Waals surface area contributed by atoms with Crippen molar-refractivity contribution in [3.8, 4) is 0 Å². The summed E-state index contributed by atoms with van der Waals surface area (Å²) in [6, 6.07) is 7.45. The first-order valence-electron chi connectivity index (χ1n) is 20.2. The van der Waals surface area contributed by atoms with Crippen LogP contribution in [0.2, 0.25) is 0 Å². The standard InChI is InChI=1S/C45H63NO6/c1-27(2)38-33(47)23-45(36(48)25-46(24-28-9-10-28)37(49)26-52-8)22-21-43(6)32(39(38)45)15-16-35-42(5)19-17-31(29-11-13-30(14-12-29)40(50)51)41(3,4)34(42)18-20-44(35,43)7/h11-14,17,27-28,32,34-36,48H,9-10,15-16,18-26H2,1-8H3,(H,50,51)/t32-,34-,35-,36+,42+,43-,44-,45+/m1/s1. The molecule has 6 aliphatic carbocycles. The molecular formula is C45H63NO6. The number of hydrogen-bond donors (Lipinski definition) is 2. The van der Waals surface area contributed by atoms with Crippen LogP contribution in [0.5, 0.6) is 0 Å². The van der Waals surface area contributed by atoms with Gasteiger partial charge in [-0.05, 0) is 138 Å². The van der Waals surface area contributed by atoms with Gasteiger partial charge in [0.2, 0.25) is 5.91 Å². The molecule has 7 nitrogen and oxygen atoms in total. The third-order valence-electron chi connectivity index (χ3n) is 16.3. The molecule has 8 atom stereocenters. The Kier molecular flexibility index (Phi) is 9.33. The van der Waals surface area contributed by atoms with Crippen molar-refractivity contribution in [2.24, 2.45) is 56.7 Å². The third kappa shape index (κ3) is 5.52. The van der Waals surface area contributed by atoms with Gasteiger partial charge in [-0.1, -0.05) is 72.2 Å². The van der Waals surface area contributed by atoms with E-state index < -0.39 is 17.5 Å². The minimum absolute atomic E-state index is 0.00992. The molecule has 52 heavy (non-hydrogen) atoms. The fraction of sp³-hybridized carbons (Fsp3) is 0.711. The zero-order valence-electron chi connectivity index (χ0n) is 33.0. The van der Waals surface area contributed by atoms with Crippen LogP contribution in [0.25, 0.3) is 5.57 Å². The van der Waals surface area contributed by atoms with Crippen LogP contribution in [-0.4, -0.2) is 65.7 Å². The number of ether oxygens (including phenoxy) is 1. The number of aromatic carboxylic acids is 1. The van der Waals surface area contributed by atoms with Crippen LogP contribution in [0, 0.1) is 56.7 Å². The van der Waals surface area contributed by atoms with E-state index in [-0.39, 0.29) is 58.3 Å². The highest BCUT2D eigenvalue weighted by atomic mass is 16.5. The van der Waals surface area contributed by atoms with E-state index in [0.717, 1.165) is 68.9 Å². The van der Waals surface area contributed by atoms with Gasteiger partial charge in [0.1, 0.15) is 6.61 Å². The molecule has 0 unspecified atom stereocenters. The number of fused-ring (bicyclic) bond motifs is 7. The number of carbonyl (C=O) groups is 3. The zero-order valence-corrected chi connectivity index (χ0v) is 33.0. The summed E-state index contributed by atoms with van der Waals surface area (Å²) < 4.78 is 5.25. The highest BCUT2D eigenvalue weighted by molar-refractivity contribution is 6.01. The van der Waals surface area contributed by atoms with Crippen molar-refractivity contribution < 1.29 is 29.3 Å². The molecule has 6 aliphatic rings. The van der Waals surface area contributed by atoms with Crippen LogP contribution in [0.1, 0.15) is 129 Å². The van der Waals surface area contributed by atoms with Gasteiger partial charge in [-0.3, -0.25) is 9.59 Å². The van der Waals surface area contributed by atoms with E-state index in [1.807, 2.05) is 17.0 Å². The lowest BCUT2D eigenvalue weighted by Gasteiger charge is -2.71. The predicted molar refractivity (Wildman–Crippen MR) is 203 cm³/mol. The number of benzene rings is 1. The van der Waals surface area contributed by atoms with Crippen LogP contribution < -0.4 is 0 Å². The van der Waals surface area contributed by atoms with Gasteiger partial charge in [-0.25, -0.2) is 4.79 Å². The van der Waals surface area contributed by atoms with E-state index >= 15 is 0 Å². The Balaban J connectivity index is 1.23. The molecule has 284 valence electrons. The molecule has 0 saturated heterocycles. The van der Waals surface area contributed by atoms with Crippen molar-refractivity contribution >= 4 is 23.2 Å². The summed E-state index contributed by atoms with van der Waals surface area (Å²) in [6.07, 6.45) is 11.4. The minimum atomic E-state index is -0.896. The van der Waals surface area contributed by atoms with Crippen LogP contribution >= 0.6 is 0 Å². The van der Waals surface area contributed by atoms with Crippen molar-refractivity contribution in [1.29, 1.82) is 0 Å². The Morgan fingerprint density at radius 2 is 1.62 bits per heavy atom. The van der Waals surface area contributed by atoms with Crippen molar-refractivity contribution in [3.05, 3.63) is 52.6 Å². The quantitative estimate of drug-likeness (QED) is 0.252. The van der Waals surface area contributed by atoms with Crippen LogP contribution in [0.15, 0.2) is 41.5 Å². The normalized spacial score (nSPS) is 37.1. The number of aliphatic hydroxyl groups excluding tert-OH is 1. The molecule has 0 spiro atoms. The van der Waals surface area contributed by atoms with Crippen LogP contribution in [0.4, 0.5) is 0 Å². The van der Waals surface area contributed by atoms with Gasteiger partial charge < -0.3 is 19.8 Å². The summed E-state index contributed by atoms with van der Waals surface area (Å²) in [4.78, 5) is 40.8. The lowest BCUT2D eigenvalue weighted by Crippen LogP contribution is -2.64. The largest absolute Gasteiger partial charge is 0.478 e. The number of aliphatic hydroxyl groups is 1. The molecule has 0 radical (unpaired) electrons. The predicted octanol–water partition coefficient (Wildman–Crippen LogP) is 8.60. The lowest BCUT2D eigenvalue weighted by molar-refractivity contribution is -0.200. The van der Waals surface area contributed by atoms with E-state index in [0.29, 0.717) is 36.3 Å². The summed E-state index contributed by atoms with van der Waals surface area (Å²) in [7, 11) is 1.55. The molecule has 7 heteroatoms. The number of hydrogen-bond acceptors (Lipinski definition) is 5. The topological polar surface area (TPSA) is 104 Å². The second-order valence-electron chi connectivity index (χ2n) is 19.5. The molecule has 0 aliphatic heterocycles. The summed E-state index contributed by atoms with van der Waals surface area (Å²) in [5.41, 5.74) is 4.46. The van der Waals surface area contributed by atoms with Gasteiger partial charge in [0.05, 0.1) is 11.7 Å². The van der Waals surface area contributed by atoms with E-state index in [4.69, 9.17) is 4.74 Å². The number of rotatable bonds is 10. The third-order valence-corrected chi connectivity index (χ3v) is 16.3. The molecule has 0 bridgehead atoms. The zero-order chi connectivity index (χ0) is 37.6. The average molecular weight is 714 g/mol. The van der Waals surface area contributed by atoms with Crippen molar-refractivity contribution in [2.45, 2.75) is 119 Å². The van der Waals surface area contributed by atoms with Crippen molar-refractivity contribution in [2.75, 3.05) is 26.8 Å². The Morgan fingerprint density at radius 3 is 2.23 bits per heavy atom. The Labute approximate surface area is 311 Å². The maximum absolute atomic E-state index is 14.1. The molecule has 7 rings (SSSR count). The monoisotopic (exact) mass is 713 g/mol. The molecule has 1 aromatic rings. The number of amides is 1. The fourth-order valence-electron chi connectivity index (χ4n) is 13.5. The van der Waals surface area contributed by atoms with Gasteiger partial charge in [0.25, 0.3) is 0 Å². The number of ketones is 1. The molecular weight excluding hydrogens is 650 g/mol. The summed E-state index contributed by atoms with van der Waals surface area (Å²) in [5.74, 6) is 1.04. The number of carbonyl (C=O) groups excluding carboxylic acids is 2. The summed E-state index contributed by atoms with van der Waals surface area (Å²) in [5, 5.41) is 21.9. The summed E-state index contributed by atoms with van der Waals surface area (Å²) >= 11 is 0. The number of allylic oxidation sites excluding steroid dienone is 3. The van der Waals surface area contributed by atoms with Crippen LogP contribution in [0.3, 0.4) is 0 Å². The smallest absolute Gasteiger partial charge is 0.335 e. The van der Waals surface area contributed by atoms with Gasteiger partial charge >= 0.3 is 5.97 Å². The Hall–Kier alpha value is -2.77. The Morgan fingerprint density at radius 1 is 0.923 bits per heavy atom.